The Morgan fingerprint density at radius 2 is 2.00 bits per heavy atom. The van der Waals surface area contributed by atoms with E-state index in [1.807, 2.05) is 0 Å². The van der Waals surface area contributed by atoms with Crippen molar-refractivity contribution in [2.45, 2.75) is 13.8 Å². The molecule has 4 heteroatoms. The minimum atomic E-state index is -0.429. The standard InChI is InChI=1S/C11H13NO3/c1-3-15-11(14)9-6-4-5-7-10(9)12-8(2)13/h4-7H,3H2,1-2H3,(H,12,13). The molecule has 1 N–H and O–H groups in total. The van der Waals surface area contributed by atoms with Crippen LogP contribution in [-0.4, -0.2) is 18.5 Å². The monoisotopic (exact) mass is 207 g/mol. The van der Waals surface area contributed by atoms with E-state index < -0.39 is 5.97 Å². The molecule has 1 rings (SSSR count). The van der Waals surface area contributed by atoms with Crippen molar-refractivity contribution in [2.24, 2.45) is 0 Å². The third-order valence-corrected chi connectivity index (χ3v) is 1.73. The Balaban J connectivity index is 2.95. The third-order valence-electron chi connectivity index (χ3n) is 1.73. The minimum absolute atomic E-state index is 0.216. The molecule has 0 aliphatic heterocycles. The zero-order valence-electron chi connectivity index (χ0n) is 8.74. The first kappa shape index (κ1) is 11.2. The van der Waals surface area contributed by atoms with Gasteiger partial charge in [0.1, 0.15) is 0 Å². The smallest absolute Gasteiger partial charge is 0.340 e. The van der Waals surface area contributed by atoms with Gasteiger partial charge in [-0.05, 0) is 19.1 Å². The van der Waals surface area contributed by atoms with E-state index >= 15 is 0 Å². The molecule has 0 unspecified atom stereocenters. The summed E-state index contributed by atoms with van der Waals surface area (Å²) in [5, 5.41) is 2.57. The van der Waals surface area contributed by atoms with E-state index in [9.17, 15) is 9.59 Å². The van der Waals surface area contributed by atoms with Crippen molar-refractivity contribution in [2.75, 3.05) is 11.9 Å². The van der Waals surface area contributed by atoms with E-state index in [-0.39, 0.29) is 5.91 Å². The largest absolute Gasteiger partial charge is 0.462 e. The lowest BCUT2D eigenvalue weighted by molar-refractivity contribution is -0.114. The number of rotatable bonds is 3. The van der Waals surface area contributed by atoms with Crippen LogP contribution in [0.1, 0.15) is 24.2 Å². The van der Waals surface area contributed by atoms with E-state index in [1.54, 1.807) is 31.2 Å². The number of carbonyl (C=O) groups excluding carboxylic acids is 2. The van der Waals surface area contributed by atoms with Gasteiger partial charge in [0.05, 0.1) is 17.9 Å². The SMILES string of the molecule is CCOC(=O)c1ccccc1NC(C)=O. The Morgan fingerprint density at radius 1 is 1.33 bits per heavy atom. The zero-order valence-corrected chi connectivity index (χ0v) is 8.74. The predicted molar refractivity (Wildman–Crippen MR) is 56.7 cm³/mol. The van der Waals surface area contributed by atoms with Crippen LogP contribution in [0.2, 0.25) is 0 Å². The predicted octanol–water partition coefficient (Wildman–Crippen LogP) is 1.82. The maximum atomic E-state index is 11.5. The zero-order chi connectivity index (χ0) is 11.3. The molecule has 0 heterocycles. The summed E-state index contributed by atoms with van der Waals surface area (Å²) in [5.41, 5.74) is 0.845. The summed E-state index contributed by atoms with van der Waals surface area (Å²) in [6.45, 7) is 3.44. The molecule has 1 aromatic carbocycles. The Labute approximate surface area is 88.2 Å². The Bertz CT molecular complexity index is 374. The van der Waals surface area contributed by atoms with E-state index in [4.69, 9.17) is 4.74 Å². The molecule has 0 spiro atoms. The van der Waals surface area contributed by atoms with Gasteiger partial charge in [0.2, 0.25) is 5.91 Å². The molecule has 0 radical (unpaired) electrons. The molecule has 15 heavy (non-hydrogen) atoms. The average Bonchev–Trinajstić information content (AvgIpc) is 2.18. The van der Waals surface area contributed by atoms with E-state index in [1.165, 1.54) is 6.92 Å². The lowest BCUT2D eigenvalue weighted by Gasteiger charge is -2.08. The first-order chi connectivity index (χ1) is 7.15. The van der Waals surface area contributed by atoms with Gasteiger partial charge in [-0.15, -0.1) is 0 Å². The number of esters is 1. The topological polar surface area (TPSA) is 55.4 Å². The highest BCUT2D eigenvalue weighted by Gasteiger charge is 2.11. The van der Waals surface area contributed by atoms with Gasteiger partial charge >= 0.3 is 5.97 Å². The number of amides is 1. The number of nitrogens with one attached hydrogen (secondary N) is 1. The van der Waals surface area contributed by atoms with Crippen LogP contribution >= 0.6 is 0 Å². The minimum Gasteiger partial charge on any atom is -0.462 e. The van der Waals surface area contributed by atoms with Gasteiger partial charge in [-0.25, -0.2) is 4.79 Å². The van der Waals surface area contributed by atoms with Crippen LogP contribution in [0, 0.1) is 0 Å². The maximum Gasteiger partial charge on any atom is 0.340 e. The number of ether oxygens (including phenoxy) is 1. The second-order valence-electron chi connectivity index (χ2n) is 2.95. The van der Waals surface area contributed by atoms with Crippen LogP contribution in [0.4, 0.5) is 5.69 Å². The summed E-state index contributed by atoms with van der Waals surface area (Å²) >= 11 is 0. The molecule has 1 aromatic rings. The highest BCUT2D eigenvalue weighted by atomic mass is 16.5. The van der Waals surface area contributed by atoms with Crippen LogP contribution < -0.4 is 5.32 Å². The van der Waals surface area contributed by atoms with E-state index in [0.29, 0.717) is 17.9 Å². The van der Waals surface area contributed by atoms with Crippen molar-refractivity contribution < 1.29 is 14.3 Å². The summed E-state index contributed by atoms with van der Waals surface area (Å²) in [7, 11) is 0. The quantitative estimate of drug-likeness (QED) is 0.769. The third kappa shape index (κ3) is 3.09. The Morgan fingerprint density at radius 3 is 2.60 bits per heavy atom. The lowest BCUT2D eigenvalue weighted by Crippen LogP contribution is -2.12. The van der Waals surface area contributed by atoms with Crippen LogP contribution in [0.5, 0.6) is 0 Å². The maximum absolute atomic E-state index is 11.5. The van der Waals surface area contributed by atoms with Gasteiger partial charge in [0.25, 0.3) is 0 Å². The van der Waals surface area contributed by atoms with E-state index in [2.05, 4.69) is 5.32 Å². The van der Waals surface area contributed by atoms with Gasteiger partial charge in [0, 0.05) is 6.92 Å². The molecule has 80 valence electrons. The molecule has 0 aromatic heterocycles. The molecule has 0 atom stereocenters. The average molecular weight is 207 g/mol. The summed E-state index contributed by atoms with van der Waals surface area (Å²) in [6.07, 6.45) is 0. The first-order valence-corrected chi connectivity index (χ1v) is 4.69. The molecular weight excluding hydrogens is 194 g/mol. The van der Waals surface area contributed by atoms with Crippen molar-refractivity contribution in [3.63, 3.8) is 0 Å². The van der Waals surface area contributed by atoms with Crippen molar-refractivity contribution in [1.82, 2.24) is 0 Å². The molecule has 4 nitrogen and oxygen atoms in total. The molecule has 0 fully saturated rings. The number of benzene rings is 1. The fourth-order valence-corrected chi connectivity index (χ4v) is 1.17. The Kier molecular flexibility index (Phi) is 3.85. The molecule has 0 saturated carbocycles. The van der Waals surface area contributed by atoms with Crippen molar-refractivity contribution in [3.8, 4) is 0 Å². The fraction of sp³-hybridized carbons (Fsp3) is 0.273. The number of hydrogen-bond donors (Lipinski definition) is 1. The molecule has 0 aliphatic carbocycles. The molecule has 0 saturated heterocycles. The van der Waals surface area contributed by atoms with Gasteiger partial charge in [-0.1, -0.05) is 12.1 Å². The molecule has 0 bridgehead atoms. The van der Waals surface area contributed by atoms with Crippen LogP contribution in [0.25, 0.3) is 0 Å². The fourth-order valence-electron chi connectivity index (χ4n) is 1.17. The van der Waals surface area contributed by atoms with Gasteiger partial charge in [-0.2, -0.15) is 0 Å². The van der Waals surface area contributed by atoms with Crippen LogP contribution in [0.15, 0.2) is 24.3 Å². The summed E-state index contributed by atoms with van der Waals surface area (Å²) in [5.74, 6) is -0.645. The van der Waals surface area contributed by atoms with Crippen LogP contribution in [-0.2, 0) is 9.53 Å². The van der Waals surface area contributed by atoms with E-state index in [0.717, 1.165) is 0 Å². The number of para-hydroxylation sites is 1. The number of carbonyl (C=O) groups is 2. The van der Waals surface area contributed by atoms with Gasteiger partial charge in [-0.3, -0.25) is 4.79 Å². The molecule has 0 aliphatic rings. The Hall–Kier alpha value is -1.84. The summed E-state index contributed by atoms with van der Waals surface area (Å²) < 4.78 is 4.86. The first-order valence-electron chi connectivity index (χ1n) is 4.69. The normalized spacial score (nSPS) is 9.47. The molecule has 1 amide bonds. The second-order valence-corrected chi connectivity index (χ2v) is 2.95. The van der Waals surface area contributed by atoms with Gasteiger partial charge in [0.15, 0.2) is 0 Å². The highest BCUT2D eigenvalue weighted by molar-refractivity contribution is 6.00. The summed E-state index contributed by atoms with van der Waals surface area (Å²) in [6, 6.07) is 6.74. The molecular formula is C11H13NO3. The second kappa shape index (κ2) is 5.14. The van der Waals surface area contributed by atoms with Crippen LogP contribution in [0.3, 0.4) is 0 Å². The van der Waals surface area contributed by atoms with Crippen molar-refractivity contribution >= 4 is 17.6 Å². The van der Waals surface area contributed by atoms with Crippen molar-refractivity contribution in [3.05, 3.63) is 29.8 Å². The number of anilines is 1. The highest BCUT2D eigenvalue weighted by Crippen LogP contribution is 2.15. The lowest BCUT2D eigenvalue weighted by atomic mass is 10.2. The van der Waals surface area contributed by atoms with Gasteiger partial charge < -0.3 is 10.1 Å². The number of hydrogen-bond acceptors (Lipinski definition) is 3. The summed E-state index contributed by atoms with van der Waals surface area (Å²) in [4.78, 5) is 22.4. The van der Waals surface area contributed by atoms with Crippen molar-refractivity contribution in [1.29, 1.82) is 0 Å².